The first-order valence-electron chi connectivity index (χ1n) is 11.3. The van der Waals surface area contributed by atoms with Crippen molar-refractivity contribution in [3.8, 4) is 11.4 Å². The summed E-state index contributed by atoms with van der Waals surface area (Å²) in [4.78, 5) is 25.9. The van der Waals surface area contributed by atoms with Gasteiger partial charge in [-0.15, -0.1) is 0 Å². The maximum absolute atomic E-state index is 12.5. The molecule has 4 rings (SSSR count). The molecule has 0 saturated heterocycles. The van der Waals surface area contributed by atoms with Crippen LogP contribution < -0.4 is 16.4 Å². The summed E-state index contributed by atoms with van der Waals surface area (Å²) in [7, 11) is 0. The van der Waals surface area contributed by atoms with Gasteiger partial charge in [0.2, 0.25) is 5.95 Å². The minimum atomic E-state index is -0.231. The Kier molecular flexibility index (Phi) is 7.97. The molecule has 0 bridgehead atoms. The molecule has 0 fully saturated rings. The zero-order valence-electron chi connectivity index (χ0n) is 20.2. The fourth-order valence-corrected chi connectivity index (χ4v) is 3.50. The van der Waals surface area contributed by atoms with Crippen molar-refractivity contribution in [1.29, 1.82) is 0 Å². The summed E-state index contributed by atoms with van der Waals surface area (Å²) in [6.07, 6.45) is 3.54. The van der Waals surface area contributed by atoms with Crippen LogP contribution in [0.15, 0.2) is 67.0 Å². The van der Waals surface area contributed by atoms with E-state index in [4.69, 9.17) is 5.73 Å². The summed E-state index contributed by atoms with van der Waals surface area (Å²) in [5.74, 6) is 1.17. The third-order valence-corrected chi connectivity index (χ3v) is 5.03. The van der Waals surface area contributed by atoms with E-state index >= 15 is 0 Å². The molecule has 0 spiro atoms. The first-order chi connectivity index (χ1) is 16.4. The molecule has 2 aromatic heterocycles. The number of amides is 1. The number of hydrogen-bond donors (Lipinski definition) is 3. The number of aromatic nitrogens is 4. The Morgan fingerprint density at radius 3 is 2.38 bits per heavy atom. The van der Waals surface area contributed by atoms with E-state index in [2.05, 4.69) is 44.0 Å². The number of rotatable bonds is 6. The molecule has 8 nitrogen and oxygen atoms in total. The van der Waals surface area contributed by atoms with Crippen molar-refractivity contribution in [1.82, 2.24) is 19.5 Å². The van der Waals surface area contributed by atoms with Crippen molar-refractivity contribution in [2.24, 2.45) is 0 Å². The fraction of sp³-hybridized carbons (Fsp3) is 0.231. The smallest absolute Gasteiger partial charge is 0.255 e. The molecule has 0 unspecified atom stereocenters. The molecular weight excluding hydrogens is 426 g/mol. The van der Waals surface area contributed by atoms with Gasteiger partial charge >= 0.3 is 0 Å². The van der Waals surface area contributed by atoms with E-state index in [1.165, 1.54) is 0 Å². The van der Waals surface area contributed by atoms with Crippen LogP contribution in [0, 0.1) is 6.92 Å². The number of aryl methyl sites for hydroxylation is 1. The Morgan fingerprint density at radius 2 is 1.71 bits per heavy atom. The lowest BCUT2D eigenvalue weighted by Crippen LogP contribution is -2.13. The van der Waals surface area contributed by atoms with Crippen LogP contribution in [0.25, 0.3) is 11.4 Å². The second-order valence-corrected chi connectivity index (χ2v) is 7.66. The molecule has 2 aromatic carbocycles. The van der Waals surface area contributed by atoms with Gasteiger partial charge in [0.15, 0.2) is 0 Å². The third-order valence-electron chi connectivity index (χ3n) is 5.03. The van der Waals surface area contributed by atoms with Gasteiger partial charge in [-0.05, 0) is 63.2 Å². The van der Waals surface area contributed by atoms with Crippen LogP contribution in [0.2, 0.25) is 0 Å². The van der Waals surface area contributed by atoms with Crippen LogP contribution in [0.3, 0.4) is 0 Å². The molecule has 1 amide bonds. The Bertz CT molecular complexity index is 1250. The third kappa shape index (κ3) is 5.58. The molecule has 176 valence electrons. The van der Waals surface area contributed by atoms with Crippen LogP contribution in [0.1, 0.15) is 49.9 Å². The number of nitrogen functional groups attached to an aromatic ring is 1. The quantitative estimate of drug-likeness (QED) is 0.314. The van der Waals surface area contributed by atoms with Gasteiger partial charge < -0.3 is 20.9 Å². The average molecular weight is 458 g/mol. The lowest BCUT2D eigenvalue weighted by molar-refractivity contribution is 0.102. The number of nitrogens with one attached hydrogen (secondary N) is 2. The number of benzene rings is 2. The SMILES string of the molecule is CC.Cc1ncc(-c2ccnc(Nc3ccc(C(=O)Nc4ccccc4N)cc3)n2)n1C(C)C. The zero-order valence-corrected chi connectivity index (χ0v) is 20.2. The highest BCUT2D eigenvalue weighted by molar-refractivity contribution is 6.05. The van der Waals surface area contributed by atoms with Gasteiger partial charge in [0, 0.05) is 23.5 Å². The number of imidazole rings is 1. The molecule has 4 aromatic rings. The van der Waals surface area contributed by atoms with E-state index in [1.807, 2.05) is 57.3 Å². The first kappa shape index (κ1) is 24.4. The summed E-state index contributed by atoms with van der Waals surface area (Å²) >= 11 is 0. The van der Waals surface area contributed by atoms with E-state index in [-0.39, 0.29) is 11.9 Å². The summed E-state index contributed by atoms with van der Waals surface area (Å²) in [5, 5.41) is 6.01. The predicted molar refractivity (Wildman–Crippen MR) is 138 cm³/mol. The largest absolute Gasteiger partial charge is 0.397 e. The van der Waals surface area contributed by atoms with E-state index in [9.17, 15) is 4.79 Å². The number of anilines is 4. The van der Waals surface area contributed by atoms with Gasteiger partial charge in [-0.25, -0.2) is 15.0 Å². The Labute approximate surface area is 200 Å². The van der Waals surface area contributed by atoms with E-state index in [0.29, 0.717) is 22.9 Å². The fourth-order valence-electron chi connectivity index (χ4n) is 3.50. The normalized spacial score (nSPS) is 10.4. The lowest BCUT2D eigenvalue weighted by Gasteiger charge is -2.14. The van der Waals surface area contributed by atoms with Crippen LogP contribution in [0.4, 0.5) is 23.0 Å². The highest BCUT2D eigenvalue weighted by Crippen LogP contribution is 2.24. The first-order valence-corrected chi connectivity index (χ1v) is 11.3. The molecule has 8 heteroatoms. The van der Waals surface area contributed by atoms with Crippen LogP contribution >= 0.6 is 0 Å². The maximum Gasteiger partial charge on any atom is 0.255 e. The van der Waals surface area contributed by atoms with Crippen molar-refractivity contribution in [3.63, 3.8) is 0 Å². The molecule has 34 heavy (non-hydrogen) atoms. The van der Waals surface area contributed by atoms with Gasteiger partial charge in [0.05, 0.1) is 29.0 Å². The Balaban J connectivity index is 0.00000158. The van der Waals surface area contributed by atoms with Crippen LogP contribution in [-0.2, 0) is 0 Å². The lowest BCUT2D eigenvalue weighted by atomic mass is 10.2. The van der Waals surface area contributed by atoms with Crippen molar-refractivity contribution < 1.29 is 4.79 Å². The molecular formula is C26H31N7O. The number of nitrogens with two attached hydrogens (primary N) is 1. The van der Waals surface area contributed by atoms with Gasteiger partial charge in [0.1, 0.15) is 5.82 Å². The van der Waals surface area contributed by atoms with Crippen molar-refractivity contribution in [2.45, 2.75) is 40.7 Å². The second-order valence-electron chi connectivity index (χ2n) is 7.66. The molecule has 4 N–H and O–H groups in total. The Morgan fingerprint density at radius 1 is 1.00 bits per heavy atom. The molecule has 0 aliphatic carbocycles. The van der Waals surface area contributed by atoms with Crippen molar-refractivity contribution in [2.75, 3.05) is 16.4 Å². The topological polar surface area (TPSA) is 111 Å². The number of hydrogen-bond acceptors (Lipinski definition) is 6. The van der Waals surface area contributed by atoms with Gasteiger partial charge in [0.25, 0.3) is 5.91 Å². The molecule has 0 radical (unpaired) electrons. The van der Waals surface area contributed by atoms with Gasteiger partial charge in [-0.1, -0.05) is 26.0 Å². The van der Waals surface area contributed by atoms with Crippen molar-refractivity contribution in [3.05, 3.63) is 78.4 Å². The van der Waals surface area contributed by atoms with Crippen molar-refractivity contribution >= 4 is 28.9 Å². The second kappa shape index (κ2) is 11.1. The molecule has 2 heterocycles. The summed E-state index contributed by atoms with van der Waals surface area (Å²) in [5.41, 5.74) is 10.0. The molecule has 0 saturated carbocycles. The van der Waals surface area contributed by atoms with E-state index in [0.717, 1.165) is 22.9 Å². The Hall–Kier alpha value is -4.20. The molecule has 0 aliphatic heterocycles. The van der Waals surface area contributed by atoms with Gasteiger partial charge in [-0.2, -0.15) is 0 Å². The average Bonchev–Trinajstić information content (AvgIpc) is 3.24. The number of carbonyl (C=O) groups is 1. The highest BCUT2D eigenvalue weighted by Gasteiger charge is 2.14. The number of nitrogens with zero attached hydrogens (tertiary/aromatic N) is 4. The summed E-state index contributed by atoms with van der Waals surface area (Å²) in [6, 6.07) is 16.4. The van der Waals surface area contributed by atoms with Gasteiger partial charge in [-0.3, -0.25) is 4.79 Å². The number of para-hydroxylation sites is 2. The predicted octanol–water partition coefficient (Wildman–Crippen LogP) is 5.83. The molecule has 0 aliphatic rings. The van der Waals surface area contributed by atoms with E-state index in [1.54, 1.807) is 30.5 Å². The zero-order chi connectivity index (χ0) is 24.7. The maximum atomic E-state index is 12.5. The standard InChI is InChI=1S/C24H25N7O.C2H6/c1-15(2)31-16(3)27-14-22(31)21-12-13-26-24(30-21)28-18-10-8-17(9-11-18)23(32)29-20-7-5-4-6-19(20)25;1-2/h4-15H,25H2,1-3H3,(H,29,32)(H,26,28,30);1-2H3. The summed E-state index contributed by atoms with van der Waals surface area (Å²) in [6.45, 7) is 10.2. The monoisotopic (exact) mass is 457 g/mol. The molecule has 0 atom stereocenters. The highest BCUT2D eigenvalue weighted by atomic mass is 16.1. The van der Waals surface area contributed by atoms with E-state index < -0.39 is 0 Å². The van der Waals surface area contributed by atoms with Crippen LogP contribution in [0.5, 0.6) is 0 Å². The minimum Gasteiger partial charge on any atom is -0.397 e. The van der Waals surface area contributed by atoms with Crippen LogP contribution in [-0.4, -0.2) is 25.4 Å². The minimum absolute atomic E-state index is 0.231. The summed E-state index contributed by atoms with van der Waals surface area (Å²) < 4.78 is 2.14. The number of carbonyl (C=O) groups excluding carboxylic acids is 1.